The van der Waals surface area contributed by atoms with Gasteiger partial charge in [-0.3, -0.25) is 0 Å². The molecular weight excluding hydrogens is 177 g/mol. The van der Waals surface area contributed by atoms with E-state index in [0.717, 1.165) is 0 Å². The quantitative estimate of drug-likeness (QED) is 0.325. The predicted octanol–water partition coefficient (Wildman–Crippen LogP) is -5.77. The first-order chi connectivity index (χ1) is 0. The second-order valence-corrected chi connectivity index (χ2v) is 0. The predicted molar refractivity (Wildman–Crippen MR) is 2.22 cm³/mol. The molecule has 0 radical (unpaired) electrons. The molecule has 0 N–H and O–H groups in total. The van der Waals surface area contributed by atoms with Gasteiger partial charge in [0.2, 0.25) is 0 Å². The van der Waals surface area contributed by atoms with Crippen molar-refractivity contribution in [1.29, 1.82) is 0 Å². The largest absolute Gasteiger partial charge is 1.00 e. The Balaban J connectivity index is 0. The zero-order valence-corrected chi connectivity index (χ0v) is 13.3. The van der Waals surface area contributed by atoms with Gasteiger partial charge in [0.1, 0.15) is 0 Å². The Hall–Kier alpha value is 3.25. The van der Waals surface area contributed by atoms with Gasteiger partial charge in [-0.25, -0.2) is 0 Å². The smallest absolute Gasteiger partial charge is 1.00 e. The third kappa shape index (κ3) is 8.98. The molecule has 8 valence electrons. The topological polar surface area (TPSA) is 0 Å². The first kappa shape index (κ1) is 26.8. The molecule has 0 unspecified atom stereocenters. The zero-order valence-electron chi connectivity index (χ0n) is 5.41. The Morgan fingerprint density at radius 3 is 0.750 bits per heavy atom. The molecule has 4 heavy (non-hydrogen) atoms. The van der Waals surface area contributed by atoms with E-state index in [4.69, 9.17) is 0 Å². The monoisotopic (exact) mass is 176 g/mol. The van der Waals surface area contributed by atoms with E-state index in [1.54, 1.807) is 0 Å². The van der Waals surface area contributed by atoms with Crippen LogP contribution >= 0.6 is 0 Å². The van der Waals surface area contributed by atoms with Gasteiger partial charge in [0.15, 0.2) is 0 Å². The van der Waals surface area contributed by atoms with Crippen molar-refractivity contribution in [3.8, 4) is 0 Å². The van der Waals surface area contributed by atoms with Crippen LogP contribution in [0.15, 0.2) is 0 Å². The van der Waals surface area contributed by atoms with Crippen molar-refractivity contribution >= 4 is 0 Å². The van der Waals surface area contributed by atoms with Gasteiger partial charge in [-0.1, -0.05) is 0 Å². The average Bonchev–Trinajstić information content (AvgIpc) is 0. The van der Waals surface area contributed by atoms with E-state index in [9.17, 15) is 0 Å². The summed E-state index contributed by atoms with van der Waals surface area (Å²) in [6, 6.07) is 0. The summed E-state index contributed by atoms with van der Waals surface area (Å²) in [5.41, 5.74) is 0. The molecule has 0 aromatic carbocycles. The average molecular weight is 179 g/mol. The van der Waals surface area contributed by atoms with Crippen LogP contribution < -0.4 is 59.1 Å². The third-order valence-corrected chi connectivity index (χ3v) is 0. The molecular formula is H2Na2Zn2. The summed E-state index contributed by atoms with van der Waals surface area (Å²) in [6.45, 7) is 0. The van der Waals surface area contributed by atoms with Crippen LogP contribution in [0, 0.1) is 0 Å². The van der Waals surface area contributed by atoms with Gasteiger partial charge in [0.05, 0.1) is 0 Å². The molecule has 0 saturated heterocycles. The summed E-state index contributed by atoms with van der Waals surface area (Å²) in [7, 11) is 0. The molecule has 0 aromatic heterocycles. The maximum absolute atomic E-state index is 0. The molecule has 0 saturated carbocycles. The fraction of sp³-hybridized carbons (Fsp3) is 0. The molecule has 4 heteroatoms. The van der Waals surface area contributed by atoms with E-state index in [1.165, 1.54) is 0 Å². The summed E-state index contributed by atoms with van der Waals surface area (Å²) in [6.07, 6.45) is 0. The van der Waals surface area contributed by atoms with Gasteiger partial charge < -0.3 is 2.85 Å². The maximum Gasteiger partial charge on any atom is 1.00 e. The van der Waals surface area contributed by atoms with Crippen LogP contribution in [0.2, 0.25) is 0 Å². The normalized spacial score (nSPS) is 0. The van der Waals surface area contributed by atoms with E-state index in [0.29, 0.717) is 0 Å². The minimum Gasteiger partial charge on any atom is -1.00 e. The van der Waals surface area contributed by atoms with Crippen molar-refractivity contribution in [1.82, 2.24) is 0 Å². The molecule has 0 atom stereocenters. The van der Waals surface area contributed by atoms with Crippen LogP contribution in [0.25, 0.3) is 0 Å². The maximum atomic E-state index is 0. The molecule has 0 spiro atoms. The van der Waals surface area contributed by atoms with Crippen molar-refractivity contribution < 1.29 is 101 Å². The minimum atomic E-state index is 0. The molecule has 0 aliphatic heterocycles. The molecule has 0 nitrogen and oxygen atoms in total. The van der Waals surface area contributed by atoms with Crippen molar-refractivity contribution in [2.75, 3.05) is 0 Å². The third-order valence-electron chi connectivity index (χ3n) is 0. The second-order valence-electron chi connectivity index (χ2n) is 0. The standard InChI is InChI=1S/2Na.2Zn.2H/q2*+1;;;2*-1. The van der Waals surface area contributed by atoms with Gasteiger partial charge in [0.25, 0.3) is 0 Å². The number of rotatable bonds is 0. The molecule has 0 aliphatic rings. The van der Waals surface area contributed by atoms with E-state index in [-0.39, 0.29) is 101 Å². The van der Waals surface area contributed by atoms with Crippen LogP contribution in [0.5, 0.6) is 0 Å². The molecule has 0 bridgehead atoms. The molecule has 0 aliphatic carbocycles. The van der Waals surface area contributed by atoms with Gasteiger partial charge >= 0.3 is 59.1 Å². The number of hydrogen-bond donors (Lipinski definition) is 0. The van der Waals surface area contributed by atoms with Gasteiger partial charge in [-0.05, 0) is 0 Å². The van der Waals surface area contributed by atoms with E-state index < -0.39 is 0 Å². The van der Waals surface area contributed by atoms with Crippen molar-refractivity contribution in [3.63, 3.8) is 0 Å². The first-order valence-electron chi connectivity index (χ1n) is 0. The van der Waals surface area contributed by atoms with Crippen molar-refractivity contribution in [3.05, 3.63) is 0 Å². The minimum absolute atomic E-state index is 0. The second kappa shape index (κ2) is 16.3. The fourth-order valence-electron chi connectivity index (χ4n) is 0. The Kier molecular flexibility index (Phi) is 109. The van der Waals surface area contributed by atoms with Crippen LogP contribution in [0.4, 0.5) is 0 Å². The molecule has 0 fully saturated rings. The van der Waals surface area contributed by atoms with E-state index in [1.807, 2.05) is 0 Å². The zero-order chi connectivity index (χ0) is 0. The van der Waals surface area contributed by atoms with E-state index >= 15 is 0 Å². The van der Waals surface area contributed by atoms with E-state index in [2.05, 4.69) is 0 Å². The summed E-state index contributed by atoms with van der Waals surface area (Å²) >= 11 is 0. The molecule has 0 amide bonds. The van der Waals surface area contributed by atoms with Crippen LogP contribution in [0.1, 0.15) is 2.85 Å². The van der Waals surface area contributed by atoms with Gasteiger partial charge in [-0.2, -0.15) is 0 Å². The Morgan fingerprint density at radius 1 is 0.750 bits per heavy atom. The summed E-state index contributed by atoms with van der Waals surface area (Å²) in [5, 5.41) is 0. The van der Waals surface area contributed by atoms with Crippen LogP contribution in [-0.4, -0.2) is 0 Å². The SMILES string of the molecule is [H-].[H-].[Na+].[Na+].[Zn].[Zn]. The Labute approximate surface area is 98.9 Å². The summed E-state index contributed by atoms with van der Waals surface area (Å²) < 4.78 is 0. The summed E-state index contributed by atoms with van der Waals surface area (Å²) in [5.74, 6) is 0. The van der Waals surface area contributed by atoms with Gasteiger partial charge in [-0.15, -0.1) is 0 Å². The van der Waals surface area contributed by atoms with Crippen molar-refractivity contribution in [2.45, 2.75) is 0 Å². The first-order valence-corrected chi connectivity index (χ1v) is 0. The van der Waals surface area contributed by atoms with Gasteiger partial charge in [0, 0.05) is 39.0 Å². The fourth-order valence-corrected chi connectivity index (χ4v) is 0. The van der Waals surface area contributed by atoms with Crippen LogP contribution in [0.3, 0.4) is 0 Å². The molecule has 0 heterocycles. The Bertz CT molecular complexity index is 9.51. The Morgan fingerprint density at radius 2 is 0.750 bits per heavy atom. The summed E-state index contributed by atoms with van der Waals surface area (Å²) in [4.78, 5) is 0. The molecule has 0 aromatic rings. The van der Waals surface area contributed by atoms with Crippen molar-refractivity contribution in [2.24, 2.45) is 0 Å². The van der Waals surface area contributed by atoms with Crippen LogP contribution in [-0.2, 0) is 39.0 Å². The molecule has 0 rings (SSSR count). The number of hydrogen-bond acceptors (Lipinski definition) is 0.